The molecule has 0 radical (unpaired) electrons. The molecule has 0 atom stereocenters. The molecule has 0 spiro atoms. The van der Waals surface area contributed by atoms with Crippen LogP contribution in [0.3, 0.4) is 0 Å². The standard InChI is InChI=1S/C20H27Cl2N5S/c1-15-12-16(2)27(24-15)7-3-6-23-20(28)26-10-8-25(9-11-26)14-17-4-5-18(21)13-19(17)22/h4-5,12-13H,3,6-11,14H2,1-2H3,(H,23,28). The first-order valence-corrected chi connectivity index (χ1v) is 10.8. The van der Waals surface area contributed by atoms with Crippen LogP contribution in [0.15, 0.2) is 24.3 Å². The normalized spacial score (nSPS) is 15.1. The van der Waals surface area contributed by atoms with Gasteiger partial charge in [-0.05, 0) is 56.2 Å². The Bertz CT molecular complexity index is 815. The molecule has 1 aromatic heterocycles. The maximum absolute atomic E-state index is 6.30. The number of piperazine rings is 1. The molecule has 2 aromatic rings. The van der Waals surface area contributed by atoms with Gasteiger partial charge in [0.05, 0.1) is 5.69 Å². The van der Waals surface area contributed by atoms with E-state index in [2.05, 4.69) is 37.9 Å². The van der Waals surface area contributed by atoms with Crippen molar-refractivity contribution in [2.75, 3.05) is 32.7 Å². The molecule has 28 heavy (non-hydrogen) atoms. The average molecular weight is 440 g/mol. The lowest BCUT2D eigenvalue weighted by Gasteiger charge is -2.36. The molecule has 2 heterocycles. The van der Waals surface area contributed by atoms with Crippen molar-refractivity contribution in [2.45, 2.75) is 33.4 Å². The van der Waals surface area contributed by atoms with Gasteiger partial charge >= 0.3 is 0 Å². The molecule has 1 aliphatic rings. The van der Waals surface area contributed by atoms with Gasteiger partial charge in [-0.2, -0.15) is 5.10 Å². The highest BCUT2D eigenvalue weighted by atomic mass is 35.5. The Kier molecular flexibility index (Phi) is 7.57. The zero-order chi connectivity index (χ0) is 20.1. The number of benzene rings is 1. The van der Waals surface area contributed by atoms with Gasteiger partial charge in [-0.1, -0.05) is 29.3 Å². The highest BCUT2D eigenvalue weighted by Gasteiger charge is 2.19. The Morgan fingerprint density at radius 1 is 1.14 bits per heavy atom. The van der Waals surface area contributed by atoms with E-state index < -0.39 is 0 Å². The van der Waals surface area contributed by atoms with Crippen LogP contribution in [0.5, 0.6) is 0 Å². The van der Waals surface area contributed by atoms with E-state index in [0.717, 1.165) is 73.6 Å². The second-order valence-corrected chi connectivity index (χ2v) is 8.46. The molecular formula is C20H27Cl2N5S. The molecule has 0 unspecified atom stereocenters. The highest BCUT2D eigenvalue weighted by Crippen LogP contribution is 2.22. The van der Waals surface area contributed by atoms with Gasteiger partial charge in [0.15, 0.2) is 5.11 Å². The van der Waals surface area contributed by atoms with Gasteiger partial charge in [-0.25, -0.2) is 0 Å². The van der Waals surface area contributed by atoms with E-state index in [1.165, 1.54) is 5.69 Å². The minimum absolute atomic E-state index is 0.674. The first kappa shape index (κ1) is 21.4. The summed E-state index contributed by atoms with van der Waals surface area (Å²) < 4.78 is 2.06. The molecule has 1 N–H and O–H groups in total. The number of hydrogen-bond acceptors (Lipinski definition) is 3. The highest BCUT2D eigenvalue weighted by molar-refractivity contribution is 7.80. The van der Waals surface area contributed by atoms with Gasteiger partial charge in [0.25, 0.3) is 0 Å². The summed E-state index contributed by atoms with van der Waals surface area (Å²) in [5.74, 6) is 0. The van der Waals surface area contributed by atoms with Gasteiger partial charge in [-0.3, -0.25) is 9.58 Å². The fourth-order valence-corrected chi connectivity index (χ4v) is 4.19. The molecule has 1 saturated heterocycles. The third kappa shape index (κ3) is 5.83. The molecular weight excluding hydrogens is 413 g/mol. The van der Waals surface area contributed by atoms with E-state index in [9.17, 15) is 0 Å². The third-order valence-corrected chi connectivity index (χ3v) is 5.98. The molecule has 3 rings (SSSR count). The first-order chi connectivity index (χ1) is 13.4. The van der Waals surface area contributed by atoms with E-state index >= 15 is 0 Å². The number of aromatic nitrogens is 2. The van der Waals surface area contributed by atoms with E-state index in [0.29, 0.717) is 5.02 Å². The Morgan fingerprint density at radius 3 is 2.54 bits per heavy atom. The largest absolute Gasteiger partial charge is 0.362 e. The summed E-state index contributed by atoms with van der Waals surface area (Å²) in [4.78, 5) is 4.65. The molecule has 0 bridgehead atoms. The Labute approximate surface area is 182 Å². The number of rotatable bonds is 6. The number of aryl methyl sites for hydroxylation is 3. The summed E-state index contributed by atoms with van der Waals surface area (Å²) in [6.07, 6.45) is 0.997. The van der Waals surface area contributed by atoms with Crippen LogP contribution in [0.4, 0.5) is 0 Å². The monoisotopic (exact) mass is 439 g/mol. The van der Waals surface area contributed by atoms with Gasteiger partial charge in [0, 0.05) is 61.6 Å². The minimum atomic E-state index is 0.674. The predicted octanol–water partition coefficient (Wildman–Crippen LogP) is 3.89. The van der Waals surface area contributed by atoms with Gasteiger partial charge < -0.3 is 10.2 Å². The first-order valence-electron chi connectivity index (χ1n) is 9.62. The fraction of sp³-hybridized carbons (Fsp3) is 0.500. The van der Waals surface area contributed by atoms with E-state index in [-0.39, 0.29) is 0 Å². The Hall–Kier alpha value is -1.34. The molecule has 0 saturated carbocycles. The van der Waals surface area contributed by atoms with Crippen LogP contribution >= 0.6 is 35.4 Å². The molecule has 1 fully saturated rings. The van der Waals surface area contributed by atoms with Crippen molar-refractivity contribution in [1.82, 2.24) is 24.9 Å². The zero-order valence-electron chi connectivity index (χ0n) is 16.4. The maximum atomic E-state index is 6.30. The van der Waals surface area contributed by atoms with Crippen LogP contribution < -0.4 is 5.32 Å². The van der Waals surface area contributed by atoms with Crippen molar-refractivity contribution in [3.8, 4) is 0 Å². The topological polar surface area (TPSA) is 36.3 Å². The Balaban J connectivity index is 1.37. The molecule has 0 aliphatic carbocycles. The van der Waals surface area contributed by atoms with Crippen LogP contribution in [0.1, 0.15) is 23.4 Å². The molecule has 0 amide bonds. The predicted molar refractivity (Wildman–Crippen MR) is 120 cm³/mol. The van der Waals surface area contributed by atoms with Gasteiger partial charge in [-0.15, -0.1) is 0 Å². The average Bonchev–Trinajstić information content (AvgIpc) is 2.98. The summed E-state index contributed by atoms with van der Waals surface area (Å²) in [7, 11) is 0. The zero-order valence-corrected chi connectivity index (χ0v) is 18.7. The number of nitrogens with zero attached hydrogens (tertiary/aromatic N) is 4. The van der Waals surface area contributed by atoms with Crippen molar-refractivity contribution < 1.29 is 0 Å². The maximum Gasteiger partial charge on any atom is 0.169 e. The lowest BCUT2D eigenvalue weighted by molar-refractivity contribution is 0.174. The van der Waals surface area contributed by atoms with Crippen molar-refractivity contribution >= 4 is 40.5 Å². The summed E-state index contributed by atoms with van der Waals surface area (Å²) in [5, 5.41) is 10.1. The van der Waals surface area contributed by atoms with E-state index in [1.54, 1.807) is 6.07 Å². The van der Waals surface area contributed by atoms with Crippen LogP contribution in [-0.2, 0) is 13.1 Å². The number of halogens is 2. The van der Waals surface area contributed by atoms with Crippen LogP contribution in [0.25, 0.3) is 0 Å². The summed E-state index contributed by atoms with van der Waals surface area (Å²) in [5.41, 5.74) is 3.39. The number of nitrogens with one attached hydrogen (secondary N) is 1. The minimum Gasteiger partial charge on any atom is -0.362 e. The Morgan fingerprint density at radius 2 is 1.89 bits per heavy atom. The number of thiocarbonyl (C=S) groups is 1. The fourth-order valence-electron chi connectivity index (χ4n) is 3.44. The second kappa shape index (κ2) is 9.92. The van der Waals surface area contributed by atoms with E-state index in [4.69, 9.17) is 35.4 Å². The smallest absolute Gasteiger partial charge is 0.169 e. The lowest BCUT2D eigenvalue weighted by atomic mass is 10.2. The van der Waals surface area contributed by atoms with Crippen LogP contribution in [-0.4, -0.2) is 57.4 Å². The summed E-state index contributed by atoms with van der Waals surface area (Å²) >= 11 is 17.8. The van der Waals surface area contributed by atoms with Crippen LogP contribution in [0.2, 0.25) is 10.0 Å². The lowest BCUT2D eigenvalue weighted by Crippen LogP contribution is -2.51. The van der Waals surface area contributed by atoms with Gasteiger partial charge in [0.2, 0.25) is 0 Å². The number of hydrogen-bond donors (Lipinski definition) is 1. The second-order valence-electron chi connectivity index (χ2n) is 7.23. The van der Waals surface area contributed by atoms with Gasteiger partial charge in [0.1, 0.15) is 0 Å². The SMILES string of the molecule is Cc1cc(C)n(CCCNC(=S)N2CCN(Cc3ccc(Cl)cc3Cl)CC2)n1. The van der Waals surface area contributed by atoms with E-state index in [1.807, 2.05) is 19.1 Å². The van der Waals surface area contributed by atoms with Crippen molar-refractivity contribution in [2.24, 2.45) is 0 Å². The molecule has 1 aliphatic heterocycles. The summed E-state index contributed by atoms with van der Waals surface area (Å²) in [6, 6.07) is 7.81. The van der Waals surface area contributed by atoms with Crippen molar-refractivity contribution in [3.05, 3.63) is 51.3 Å². The van der Waals surface area contributed by atoms with Crippen molar-refractivity contribution in [3.63, 3.8) is 0 Å². The summed E-state index contributed by atoms with van der Waals surface area (Å²) in [6.45, 7) is 10.5. The molecule has 1 aromatic carbocycles. The third-order valence-electron chi connectivity index (χ3n) is 4.99. The molecule has 8 heteroatoms. The van der Waals surface area contributed by atoms with Crippen LogP contribution in [0, 0.1) is 13.8 Å². The molecule has 5 nitrogen and oxygen atoms in total. The molecule has 152 valence electrons. The van der Waals surface area contributed by atoms with Crippen molar-refractivity contribution in [1.29, 1.82) is 0 Å². The quantitative estimate of drug-likeness (QED) is 0.545.